The molecule has 0 amide bonds. The molecule has 3 nitrogen and oxygen atoms in total. The first-order chi connectivity index (χ1) is 9.81. The highest BCUT2D eigenvalue weighted by molar-refractivity contribution is 5.77. The largest absolute Gasteiger partial charge is 0.328 e. The molecular weight excluding hydrogens is 246 g/mol. The van der Waals surface area contributed by atoms with E-state index in [1.165, 1.54) is 49.0 Å². The highest BCUT2D eigenvalue weighted by atomic mass is 15.1. The molecule has 3 heteroatoms. The number of aryl methyl sites for hydroxylation is 1. The molecule has 2 N–H and O–H groups in total. The zero-order valence-corrected chi connectivity index (χ0v) is 12.4. The minimum atomic E-state index is 0.590. The summed E-state index contributed by atoms with van der Waals surface area (Å²) in [6.07, 6.45) is 8.10. The van der Waals surface area contributed by atoms with Gasteiger partial charge in [0.05, 0.1) is 11.0 Å². The van der Waals surface area contributed by atoms with Gasteiger partial charge in [-0.1, -0.05) is 38.2 Å². The van der Waals surface area contributed by atoms with Crippen molar-refractivity contribution >= 4 is 11.0 Å². The molecule has 1 fully saturated rings. The first-order valence-electron chi connectivity index (χ1n) is 8.00. The second kappa shape index (κ2) is 5.96. The van der Waals surface area contributed by atoms with Crippen LogP contribution in [0.3, 0.4) is 0 Å². The quantitative estimate of drug-likeness (QED) is 0.922. The van der Waals surface area contributed by atoms with Gasteiger partial charge in [-0.25, -0.2) is 4.98 Å². The van der Waals surface area contributed by atoms with E-state index in [1.807, 2.05) is 0 Å². The Labute approximate surface area is 121 Å². The lowest BCUT2D eigenvalue weighted by Crippen LogP contribution is -2.13. The van der Waals surface area contributed by atoms with Gasteiger partial charge in [-0.15, -0.1) is 0 Å². The van der Waals surface area contributed by atoms with E-state index in [-0.39, 0.29) is 0 Å². The zero-order chi connectivity index (χ0) is 13.9. The predicted molar refractivity (Wildman–Crippen MR) is 83.6 cm³/mol. The first kappa shape index (κ1) is 13.6. The molecule has 1 aliphatic rings. The molecule has 1 saturated carbocycles. The van der Waals surface area contributed by atoms with Crippen LogP contribution in [0.15, 0.2) is 18.2 Å². The number of nitrogens with zero attached hydrogens (tertiary/aromatic N) is 2. The Morgan fingerprint density at radius 2 is 2.05 bits per heavy atom. The van der Waals surface area contributed by atoms with E-state index in [1.54, 1.807) is 0 Å². The fourth-order valence-corrected chi connectivity index (χ4v) is 3.51. The molecule has 3 rings (SSSR count). The van der Waals surface area contributed by atoms with Gasteiger partial charge >= 0.3 is 0 Å². The molecule has 1 heterocycles. The van der Waals surface area contributed by atoms with Crippen LogP contribution >= 0.6 is 0 Å². The maximum Gasteiger partial charge on any atom is 0.110 e. The van der Waals surface area contributed by atoms with Crippen LogP contribution in [-0.4, -0.2) is 9.55 Å². The Bertz CT molecular complexity index is 579. The van der Waals surface area contributed by atoms with Crippen LogP contribution in [-0.2, 0) is 19.5 Å². The van der Waals surface area contributed by atoms with Crippen LogP contribution in [0.4, 0.5) is 0 Å². The van der Waals surface area contributed by atoms with E-state index < -0.39 is 0 Å². The summed E-state index contributed by atoms with van der Waals surface area (Å²) in [4.78, 5) is 4.89. The van der Waals surface area contributed by atoms with Crippen molar-refractivity contribution in [2.75, 3.05) is 0 Å². The number of aromatic nitrogens is 2. The summed E-state index contributed by atoms with van der Waals surface area (Å²) < 4.78 is 2.38. The Hall–Kier alpha value is -1.35. The van der Waals surface area contributed by atoms with Gasteiger partial charge < -0.3 is 10.3 Å². The molecule has 0 atom stereocenters. The minimum absolute atomic E-state index is 0.590. The Morgan fingerprint density at radius 3 is 2.75 bits per heavy atom. The molecule has 0 saturated heterocycles. The lowest BCUT2D eigenvalue weighted by Gasteiger charge is -2.21. The van der Waals surface area contributed by atoms with Gasteiger partial charge in [-0.3, -0.25) is 0 Å². The molecule has 1 aromatic heterocycles. The van der Waals surface area contributed by atoms with Crippen molar-refractivity contribution in [3.63, 3.8) is 0 Å². The van der Waals surface area contributed by atoms with E-state index in [0.717, 1.165) is 24.4 Å². The smallest absolute Gasteiger partial charge is 0.110 e. The summed E-state index contributed by atoms with van der Waals surface area (Å²) >= 11 is 0. The van der Waals surface area contributed by atoms with Crippen molar-refractivity contribution in [1.29, 1.82) is 0 Å². The van der Waals surface area contributed by atoms with Gasteiger partial charge in [0.1, 0.15) is 5.82 Å². The van der Waals surface area contributed by atoms with Crippen molar-refractivity contribution in [2.45, 2.75) is 58.5 Å². The molecule has 108 valence electrons. The third-order valence-corrected chi connectivity index (χ3v) is 4.64. The summed E-state index contributed by atoms with van der Waals surface area (Å²) in [6, 6.07) is 6.45. The van der Waals surface area contributed by atoms with Crippen molar-refractivity contribution in [1.82, 2.24) is 9.55 Å². The lowest BCUT2D eigenvalue weighted by atomic mass is 9.87. The van der Waals surface area contributed by atoms with Crippen molar-refractivity contribution in [3.05, 3.63) is 29.6 Å². The second-order valence-corrected chi connectivity index (χ2v) is 6.01. The van der Waals surface area contributed by atoms with Gasteiger partial charge in [0.15, 0.2) is 0 Å². The molecule has 0 aliphatic heterocycles. The summed E-state index contributed by atoms with van der Waals surface area (Å²) in [5.74, 6) is 2.10. The van der Waals surface area contributed by atoms with E-state index in [0.29, 0.717) is 6.54 Å². The number of fused-ring (bicyclic) bond motifs is 1. The van der Waals surface area contributed by atoms with Crippen molar-refractivity contribution < 1.29 is 0 Å². The molecule has 0 unspecified atom stereocenters. The first-order valence-corrected chi connectivity index (χ1v) is 8.00. The average molecular weight is 271 g/mol. The topological polar surface area (TPSA) is 43.8 Å². The third kappa shape index (κ3) is 2.59. The van der Waals surface area contributed by atoms with Crippen LogP contribution in [0.2, 0.25) is 0 Å². The number of nitrogens with two attached hydrogens (primary N) is 1. The third-order valence-electron chi connectivity index (χ3n) is 4.64. The monoisotopic (exact) mass is 271 g/mol. The summed E-state index contributed by atoms with van der Waals surface area (Å²) in [5.41, 5.74) is 9.27. The van der Waals surface area contributed by atoms with Gasteiger partial charge in [0.2, 0.25) is 0 Å². The summed E-state index contributed by atoms with van der Waals surface area (Å²) in [6.45, 7) is 3.80. The Balaban J connectivity index is 1.92. The van der Waals surface area contributed by atoms with Crippen LogP contribution in [0, 0.1) is 5.92 Å². The zero-order valence-electron chi connectivity index (χ0n) is 12.4. The molecule has 0 radical (unpaired) electrons. The Kier molecular flexibility index (Phi) is 4.06. The number of rotatable bonds is 4. The molecule has 0 bridgehead atoms. The fraction of sp³-hybridized carbons (Fsp3) is 0.588. The van der Waals surface area contributed by atoms with Crippen LogP contribution in [0.25, 0.3) is 11.0 Å². The molecule has 0 spiro atoms. The van der Waals surface area contributed by atoms with Crippen LogP contribution < -0.4 is 5.73 Å². The lowest BCUT2D eigenvalue weighted by molar-refractivity contribution is 0.348. The predicted octanol–water partition coefficient (Wildman–Crippen LogP) is 3.64. The SMILES string of the molecule is CCn1c(CC2CCCCC2)nc2cc(CN)ccc21. The van der Waals surface area contributed by atoms with Crippen LogP contribution in [0.1, 0.15) is 50.4 Å². The van der Waals surface area contributed by atoms with E-state index in [4.69, 9.17) is 10.7 Å². The highest BCUT2D eigenvalue weighted by Crippen LogP contribution is 2.28. The standard InChI is InChI=1S/C17H25N3/c1-2-20-16-9-8-14(12-18)10-15(16)19-17(20)11-13-6-4-3-5-7-13/h8-10,13H,2-7,11-12,18H2,1H3. The molecule has 2 aromatic rings. The van der Waals surface area contributed by atoms with E-state index in [9.17, 15) is 0 Å². The van der Waals surface area contributed by atoms with Crippen molar-refractivity contribution in [2.24, 2.45) is 11.7 Å². The average Bonchev–Trinajstić information content (AvgIpc) is 2.84. The van der Waals surface area contributed by atoms with Gasteiger partial charge in [0.25, 0.3) is 0 Å². The van der Waals surface area contributed by atoms with Gasteiger partial charge in [0, 0.05) is 19.5 Å². The number of benzene rings is 1. The Morgan fingerprint density at radius 1 is 1.25 bits per heavy atom. The number of hydrogen-bond acceptors (Lipinski definition) is 2. The molecule has 1 aromatic carbocycles. The van der Waals surface area contributed by atoms with Crippen molar-refractivity contribution in [3.8, 4) is 0 Å². The maximum absolute atomic E-state index is 5.73. The van der Waals surface area contributed by atoms with Gasteiger partial charge in [-0.05, 0) is 30.5 Å². The maximum atomic E-state index is 5.73. The summed E-state index contributed by atoms with van der Waals surface area (Å²) in [5, 5.41) is 0. The van der Waals surface area contributed by atoms with E-state index in [2.05, 4.69) is 29.7 Å². The second-order valence-electron chi connectivity index (χ2n) is 6.01. The fourth-order valence-electron chi connectivity index (χ4n) is 3.51. The highest BCUT2D eigenvalue weighted by Gasteiger charge is 2.18. The van der Waals surface area contributed by atoms with Gasteiger partial charge in [-0.2, -0.15) is 0 Å². The van der Waals surface area contributed by atoms with Crippen LogP contribution in [0.5, 0.6) is 0 Å². The summed E-state index contributed by atoms with van der Waals surface area (Å²) in [7, 11) is 0. The molecule has 1 aliphatic carbocycles. The minimum Gasteiger partial charge on any atom is -0.328 e. The number of imidazole rings is 1. The number of hydrogen-bond donors (Lipinski definition) is 1. The molecule has 20 heavy (non-hydrogen) atoms. The molecular formula is C17H25N3. The normalized spacial score (nSPS) is 16.9. The van der Waals surface area contributed by atoms with E-state index >= 15 is 0 Å².